The van der Waals surface area contributed by atoms with Gasteiger partial charge in [-0.05, 0) is 38.1 Å². The van der Waals surface area contributed by atoms with Crippen molar-refractivity contribution in [2.24, 2.45) is 7.05 Å². The van der Waals surface area contributed by atoms with Gasteiger partial charge in [0.25, 0.3) is 11.7 Å². The maximum Gasteiger partial charge on any atom is 0.292 e. The molecular formula is C16H18ClN3O2S. The maximum absolute atomic E-state index is 12.2. The van der Waals surface area contributed by atoms with Crippen LogP contribution in [0.2, 0.25) is 5.02 Å². The van der Waals surface area contributed by atoms with Crippen molar-refractivity contribution in [2.45, 2.75) is 18.7 Å². The van der Waals surface area contributed by atoms with Crippen molar-refractivity contribution in [1.29, 1.82) is 0 Å². The van der Waals surface area contributed by atoms with Crippen LogP contribution in [0.5, 0.6) is 0 Å². The normalized spacial score (nSPS) is 10.6. The molecule has 0 atom stereocenters. The summed E-state index contributed by atoms with van der Waals surface area (Å²) in [4.78, 5) is 25.3. The molecule has 0 spiro atoms. The number of aromatic nitrogens is 2. The van der Waals surface area contributed by atoms with Crippen LogP contribution < -0.4 is 5.32 Å². The average molecular weight is 352 g/mol. The van der Waals surface area contributed by atoms with Crippen molar-refractivity contribution in [1.82, 2.24) is 15.1 Å². The molecule has 0 bridgehead atoms. The van der Waals surface area contributed by atoms with Crippen molar-refractivity contribution in [3.05, 3.63) is 46.2 Å². The average Bonchev–Trinajstić information content (AvgIpc) is 2.77. The Hall–Kier alpha value is -1.79. The number of halogens is 1. The topological polar surface area (TPSA) is 64.0 Å². The Balaban J connectivity index is 1.85. The lowest BCUT2D eigenvalue weighted by atomic mass is 10.1. The Bertz CT molecular complexity index is 726. The lowest BCUT2D eigenvalue weighted by Gasteiger charge is -2.05. The highest BCUT2D eigenvalue weighted by atomic mass is 35.5. The molecule has 1 aromatic heterocycles. The van der Waals surface area contributed by atoms with Gasteiger partial charge in [-0.25, -0.2) is 0 Å². The molecule has 0 aliphatic carbocycles. The van der Waals surface area contributed by atoms with Crippen LogP contribution >= 0.6 is 23.4 Å². The van der Waals surface area contributed by atoms with Gasteiger partial charge in [-0.15, -0.1) is 11.8 Å². The third kappa shape index (κ3) is 4.36. The Morgan fingerprint density at radius 1 is 1.26 bits per heavy atom. The molecular weight excluding hydrogens is 334 g/mol. The third-order valence-electron chi connectivity index (χ3n) is 3.41. The zero-order chi connectivity index (χ0) is 17.0. The Morgan fingerprint density at radius 2 is 1.91 bits per heavy atom. The molecule has 1 amide bonds. The predicted octanol–water partition coefficient (Wildman–Crippen LogP) is 2.78. The maximum atomic E-state index is 12.2. The number of aryl methyl sites for hydroxylation is 2. The summed E-state index contributed by atoms with van der Waals surface area (Å²) in [7, 11) is 1.75. The van der Waals surface area contributed by atoms with E-state index in [9.17, 15) is 9.59 Å². The highest BCUT2D eigenvalue weighted by Crippen LogP contribution is 2.19. The van der Waals surface area contributed by atoms with Crippen molar-refractivity contribution in [3.63, 3.8) is 0 Å². The standard InChI is InChI=1S/C16H18ClN3O2S/c1-10-14(11(2)20(3)19-10)15(21)16(22)18-8-9-23-13-6-4-12(17)5-7-13/h4-7H,8-9H2,1-3H3,(H,18,22). The first-order valence-corrected chi connectivity index (χ1v) is 8.47. The summed E-state index contributed by atoms with van der Waals surface area (Å²) in [6, 6.07) is 7.48. The number of hydrogen-bond donors (Lipinski definition) is 1. The number of thioether (sulfide) groups is 1. The molecule has 2 aromatic rings. The molecule has 0 saturated carbocycles. The van der Waals surface area contributed by atoms with Crippen LogP contribution in [0.15, 0.2) is 29.2 Å². The van der Waals surface area contributed by atoms with Crippen LogP contribution in [0.25, 0.3) is 0 Å². The fourth-order valence-corrected chi connectivity index (χ4v) is 3.05. The van der Waals surface area contributed by atoms with E-state index in [-0.39, 0.29) is 0 Å². The molecule has 0 saturated heterocycles. The quantitative estimate of drug-likeness (QED) is 0.376. The molecule has 0 unspecified atom stereocenters. The van der Waals surface area contributed by atoms with E-state index in [1.54, 1.807) is 37.3 Å². The number of carbonyl (C=O) groups is 2. The second kappa shape index (κ2) is 7.66. The van der Waals surface area contributed by atoms with E-state index in [1.165, 1.54) is 0 Å². The largest absolute Gasteiger partial charge is 0.348 e. The van der Waals surface area contributed by atoms with E-state index in [4.69, 9.17) is 11.6 Å². The lowest BCUT2D eigenvalue weighted by molar-refractivity contribution is -0.116. The molecule has 122 valence electrons. The summed E-state index contributed by atoms with van der Waals surface area (Å²) in [6.45, 7) is 3.91. The molecule has 2 rings (SSSR count). The molecule has 7 heteroatoms. The van der Waals surface area contributed by atoms with Crippen molar-refractivity contribution in [3.8, 4) is 0 Å². The zero-order valence-corrected chi connectivity index (χ0v) is 14.8. The van der Waals surface area contributed by atoms with Crippen LogP contribution in [-0.4, -0.2) is 33.8 Å². The van der Waals surface area contributed by atoms with Crippen LogP contribution in [-0.2, 0) is 11.8 Å². The van der Waals surface area contributed by atoms with Gasteiger partial charge in [-0.3, -0.25) is 14.3 Å². The summed E-state index contributed by atoms with van der Waals surface area (Å²) < 4.78 is 1.60. The van der Waals surface area contributed by atoms with Crippen molar-refractivity contribution in [2.75, 3.05) is 12.3 Å². The minimum atomic E-state index is -0.596. The molecule has 1 N–H and O–H groups in total. The summed E-state index contributed by atoms with van der Waals surface area (Å²) in [5, 5.41) is 7.50. The summed E-state index contributed by atoms with van der Waals surface area (Å²) in [5.74, 6) is -0.462. The Morgan fingerprint density at radius 3 is 2.48 bits per heavy atom. The fourth-order valence-electron chi connectivity index (χ4n) is 2.16. The SMILES string of the molecule is Cc1nn(C)c(C)c1C(=O)C(=O)NCCSc1ccc(Cl)cc1. The Labute approximate surface area is 144 Å². The van der Waals surface area contributed by atoms with Gasteiger partial charge in [0.15, 0.2) is 0 Å². The minimum Gasteiger partial charge on any atom is -0.348 e. The number of nitrogens with one attached hydrogen (secondary N) is 1. The van der Waals surface area contributed by atoms with Gasteiger partial charge in [0.1, 0.15) is 0 Å². The number of ketones is 1. The molecule has 23 heavy (non-hydrogen) atoms. The summed E-state index contributed by atoms with van der Waals surface area (Å²) >= 11 is 7.41. The highest BCUT2D eigenvalue weighted by molar-refractivity contribution is 7.99. The van der Waals surface area contributed by atoms with Gasteiger partial charge in [-0.1, -0.05) is 11.6 Å². The molecule has 1 aromatic carbocycles. The Kier molecular flexibility index (Phi) is 5.85. The number of Topliss-reactive ketones (excluding diaryl/α,β-unsaturated/α-hetero) is 1. The molecule has 0 aliphatic heterocycles. The van der Waals surface area contributed by atoms with E-state index < -0.39 is 11.7 Å². The van der Waals surface area contributed by atoms with E-state index in [0.29, 0.717) is 34.3 Å². The van der Waals surface area contributed by atoms with E-state index in [0.717, 1.165) is 4.90 Å². The first kappa shape index (κ1) is 17.6. The van der Waals surface area contributed by atoms with Gasteiger partial charge < -0.3 is 5.32 Å². The fraction of sp³-hybridized carbons (Fsp3) is 0.312. The first-order chi connectivity index (χ1) is 10.9. The number of carbonyl (C=O) groups excluding carboxylic acids is 2. The number of nitrogens with zero attached hydrogens (tertiary/aromatic N) is 2. The molecule has 1 heterocycles. The molecule has 0 fully saturated rings. The zero-order valence-electron chi connectivity index (χ0n) is 13.2. The molecule has 0 aliphatic rings. The molecule has 0 radical (unpaired) electrons. The number of benzene rings is 1. The number of amides is 1. The van der Waals surface area contributed by atoms with Gasteiger partial charge in [0, 0.05) is 35.0 Å². The minimum absolute atomic E-state index is 0.385. The number of hydrogen-bond acceptors (Lipinski definition) is 4. The summed E-state index contributed by atoms with van der Waals surface area (Å²) in [5.41, 5.74) is 1.65. The van der Waals surface area contributed by atoms with Gasteiger partial charge >= 0.3 is 0 Å². The highest BCUT2D eigenvalue weighted by Gasteiger charge is 2.23. The lowest BCUT2D eigenvalue weighted by Crippen LogP contribution is -2.33. The molecule has 5 nitrogen and oxygen atoms in total. The van der Waals surface area contributed by atoms with Crippen LogP contribution in [0.4, 0.5) is 0 Å². The third-order valence-corrected chi connectivity index (χ3v) is 4.68. The van der Waals surface area contributed by atoms with Crippen LogP contribution in [0, 0.1) is 13.8 Å². The first-order valence-electron chi connectivity index (χ1n) is 7.11. The van der Waals surface area contributed by atoms with E-state index in [2.05, 4.69) is 10.4 Å². The van der Waals surface area contributed by atoms with Gasteiger partial charge in [0.05, 0.1) is 11.3 Å². The van der Waals surface area contributed by atoms with Crippen LogP contribution in [0.3, 0.4) is 0 Å². The van der Waals surface area contributed by atoms with Gasteiger partial charge in [-0.2, -0.15) is 5.10 Å². The van der Waals surface area contributed by atoms with Gasteiger partial charge in [0.2, 0.25) is 0 Å². The summed E-state index contributed by atoms with van der Waals surface area (Å²) in [6.07, 6.45) is 0. The predicted molar refractivity (Wildman–Crippen MR) is 92.2 cm³/mol. The number of rotatable bonds is 6. The van der Waals surface area contributed by atoms with E-state index in [1.807, 2.05) is 24.3 Å². The van der Waals surface area contributed by atoms with Crippen LogP contribution in [0.1, 0.15) is 21.7 Å². The smallest absolute Gasteiger partial charge is 0.292 e. The monoisotopic (exact) mass is 351 g/mol. The van der Waals surface area contributed by atoms with Crippen molar-refractivity contribution < 1.29 is 9.59 Å². The van der Waals surface area contributed by atoms with E-state index >= 15 is 0 Å². The van der Waals surface area contributed by atoms with Crippen molar-refractivity contribution >= 4 is 35.1 Å². The second-order valence-electron chi connectivity index (χ2n) is 5.06. The second-order valence-corrected chi connectivity index (χ2v) is 6.66.